The van der Waals surface area contributed by atoms with E-state index in [1.165, 1.54) is 23.9 Å². The predicted molar refractivity (Wildman–Crippen MR) is 104 cm³/mol. The number of anilines is 1. The van der Waals surface area contributed by atoms with Gasteiger partial charge in [0.05, 0.1) is 20.7 Å². The van der Waals surface area contributed by atoms with Gasteiger partial charge in [0.15, 0.2) is 11.0 Å². The Morgan fingerprint density at radius 2 is 2.15 bits per heavy atom. The third kappa shape index (κ3) is 3.33. The average molecular weight is 401 g/mol. The third-order valence-electron chi connectivity index (χ3n) is 4.33. The second kappa shape index (κ2) is 7.12. The lowest BCUT2D eigenvalue weighted by atomic mass is 10.2. The molecule has 1 aliphatic heterocycles. The number of nitro benzene ring substituents is 1. The zero-order valence-corrected chi connectivity index (χ0v) is 15.9. The van der Waals surface area contributed by atoms with Crippen molar-refractivity contribution >= 4 is 40.4 Å². The van der Waals surface area contributed by atoms with Crippen molar-refractivity contribution in [1.82, 2.24) is 14.8 Å². The maximum Gasteiger partial charge on any atom is 0.271 e. The minimum Gasteiger partial charge on any atom is -0.311 e. The van der Waals surface area contributed by atoms with Crippen LogP contribution in [-0.4, -0.2) is 37.4 Å². The number of carbonyl (C=O) groups excluding carboxylic acids is 1. The molecule has 0 N–H and O–H groups in total. The van der Waals surface area contributed by atoms with Crippen molar-refractivity contribution in [2.75, 3.05) is 11.4 Å². The summed E-state index contributed by atoms with van der Waals surface area (Å²) in [5.41, 5.74) is 0.528. The molecule has 0 radical (unpaired) electrons. The van der Waals surface area contributed by atoms with Crippen LogP contribution in [0.15, 0.2) is 46.9 Å². The number of hydrogen-bond acceptors (Lipinski definition) is 7. The lowest BCUT2D eigenvalue weighted by Crippen LogP contribution is -2.28. The Kier molecular flexibility index (Phi) is 4.66. The van der Waals surface area contributed by atoms with E-state index in [4.69, 9.17) is 0 Å². The van der Waals surface area contributed by atoms with Crippen LogP contribution >= 0.6 is 23.1 Å². The molecule has 8 nitrogen and oxygen atoms in total. The number of benzene rings is 1. The van der Waals surface area contributed by atoms with Crippen molar-refractivity contribution in [3.8, 4) is 10.7 Å². The Morgan fingerprint density at radius 3 is 2.89 bits per heavy atom. The summed E-state index contributed by atoms with van der Waals surface area (Å²) < 4.78 is 1.89. The van der Waals surface area contributed by atoms with Gasteiger partial charge in [0.25, 0.3) is 5.69 Å². The molecule has 3 heterocycles. The third-order valence-corrected chi connectivity index (χ3v) is 6.49. The molecule has 1 aliphatic rings. The van der Waals surface area contributed by atoms with Gasteiger partial charge in [0, 0.05) is 25.7 Å². The zero-order chi connectivity index (χ0) is 19.0. The number of rotatable bonds is 5. The molecule has 2 aromatic heterocycles. The zero-order valence-electron chi connectivity index (χ0n) is 14.3. The van der Waals surface area contributed by atoms with Crippen molar-refractivity contribution < 1.29 is 9.72 Å². The molecule has 3 aromatic rings. The first-order valence-corrected chi connectivity index (χ1v) is 9.96. The number of nitrogens with zero attached hydrogens (tertiary/aromatic N) is 5. The highest BCUT2D eigenvalue weighted by atomic mass is 32.2. The molecule has 0 bridgehead atoms. The molecule has 1 fully saturated rings. The summed E-state index contributed by atoms with van der Waals surface area (Å²) in [6.07, 6.45) is 0.646. The van der Waals surface area contributed by atoms with E-state index in [0.717, 1.165) is 10.7 Å². The number of thiophene rings is 1. The maximum atomic E-state index is 12.8. The van der Waals surface area contributed by atoms with Crippen LogP contribution in [0, 0.1) is 10.1 Å². The van der Waals surface area contributed by atoms with Gasteiger partial charge >= 0.3 is 0 Å². The van der Waals surface area contributed by atoms with Gasteiger partial charge in [-0.25, -0.2) is 0 Å². The lowest BCUT2D eigenvalue weighted by molar-refractivity contribution is -0.384. The summed E-state index contributed by atoms with van der Waals surface area (Å²) in [5.74, 6) is 0.703. The highest BCUT2D eigenvalue weighted by molar-refractivity contribution is 8.00. The first kappa shape index (κ1) is 17.7. The van der Waals surface area contributed by atoms with Crippen molar-refractivity contribution in [2.24, 2.45) is 7.05 Å². The standard InChI is InChI=1S/C17H15N5O3S2/c1-20-15(13-6-3-9-26-13)18-19-17(20)27-14-7-8-21(16(14)23)11-4-2-5-12(10-11)22(24)25/h2-6,9-10,14H,7-8H2,1H3. The van der Waals surface area contributed by atoms with Crippen molar-refractivity contribution in [3.05, 3.63) is 51.9 Å². The topological polar surface area (TPSA) is 94.2 Å². The lowest BCUT2D eigenvalue weighted by Gasteiger charge is -2.16. The Hall–Kier alpha value is -2.72. The van der Waals surface area contributed by atoms with E-state index in [9.17, 15) is 14.9 Å². The van der Waals surface area contributed by atoms with Crippen LogP contribution in [0.2, 0.25) is 0 Å². The molecule has 1 saturated heterocycles. The fourth-order valence-corrected chi connectivity index (χ4v) is 4.74. The van der Waals surface area contributed by atoms with Crippen molar-refractivity contribution in [3.63, 3.8) is 0 Å². The van der Waals surface area contributed by atoms with Crippen LogP contribution in [0.3, 0.4) is 0 Å². The minimum atomic E-state index is -0.456. The van der Waals surface area contributed by atoms with E-state index >= 15 is 0 Å². The second-order valence-corrected chi connectivity index (χ2v) is 8.12. The van der Waals surface area contributed by atoms with Crippen molar-refractivity contribution in [2.45, 2.75) is 16.8 Å². The summed E-state index contributed by atoms with van der Waals surface area (Å²) in [6.45, 7) is 0.521. The highest BCUT2D eigenvalue weighted by Crippen LogP contribution is 2.34. The van der Waals surface area contributed by atoms with Gasteiger partial charge in [-0.3, -0.25) is 14.9 Å². The number of aromatic nitrogens is 3. The van der Waals surface area contributed by atoms with Gasteiger partial charge in [-0.05, 0) is 23.9 Å². The van der Waals surface area contributed by atoms with E-state index in [1.807, 2.05) is 29.1 Å². The fourth-order valence-electron chi connectivity index (χ4n) is 2.96. The molecule has 27 heavy (non-hydrogen) atoms. The van der Waals surface area contributed by atoms with Crippen LogP contribution in [0.1, 0.15) is 6.42 Å². The summed E-state index contributed by atoms with van der Waals surface area (Å²) >= 11 is 2.97. The predicted octanol–water partition coefficient (Wildman–Crippen LogP) is 3.35. The van der Waals surface area contributed by atoms with Crippen LogP contribution in [0.5, 0.6) is 0 Å². The molecule has 0 aliphatic carbocycles. The number of amides is 1. The number of non-ortho nitro benzene ring substituents is 1. The fraction of sp³-hybridized carbons (Fsp3) is 0.235. The Morgan fingerprint density at radius 1 is 1.30 bits per heavy atom. The summed E-state index contributed by atoms with van der Waals surface area (Å²) in [6, 6.07) is 10.1. The largest absolute Gasteiger partial charge is 0.311 e. The van der Waals surface area contributed by atoms with Gasteiger partial charge in [-0.2, -0.15) is 0 Å². The molecular weight excluding hydrogens is 386 g/mol. The van der Waals surface area contributed by atoms with Gasteiger partial charge < -0.3 is 9.47 Å². The number of carbonyl (C=O) groups is 1. The van der Waals surface area contributed by atoms with Gasteiger partial charge in [0.2, 0.25) is 5.91 Å². The van der Waals surface area contributed by atoms with Gasteiger partial charge in [0.1, 0.15) is 0 Å². The molecule has 1 unspecified atom stereocenters. The van der Waals surface area contributed by atoms with E-state index < -0.39 is 4.92 Å². The number of nitro groups is 1. The Balaban J connectivity index is 1.52. The van der Waals surface area contributed by atoms with Crippen LogP contribution < -0.4 is 4.90 Å². The van der Waals surface area contributed by atoms with Crippen LogP contribution in [0.25, 0.3) is 10.7 Å². The molecule has 1 atom stereocenters. The van der Waals surface area contributed by atoms with E-state index in [1.54, 1.807) is 28.4 Å². The monoisotopic (exact) mass is 401 g/mol. The maximum absolute atomic E-state index is 12.8. The molecule has 0 spiro atoms. The quantitative estimate of drug-likeness (QED) is 0.481. The molecule has 138 valence electrons. The van der Waals surface area contributed by atoms with E-state index in [0.29, 0.717) is 23.8 Å². The second-order valence-electron chi connectivity index (χ2n) is 6.00. The van der Waals surface area contributed by atoms with Gasteiger partial charge in [-0.15, -0.1) is 21.5 Å². The van der Waals surface area contributed by atoms with Gasteiger partial charge in [-0.1, -0.05) is 23.9 Å². The van der Waals surface area contributed by atoms with E-state index in [2.05, 4.69) is 10.2 Å². The Bertz CT molecular complexity index is 1000. The molecule has 4 rings (SSSR count). The smallest absolute Gasteiger partial charge is 0.271 e. The van der Waals surface area contributed by atoms with Crippen LogP contribution in [-0.2, 0) is 11.8 Å². The molecule has 0 saturated carbocycles. The average Bonchev–Trinajstić information content (AvgIpc) is 3.38. The van der Waals surface area contributed by atoms with E-state index in [-0.39, 0.29) is 16.8 Å². The van der Waals surface area contributed by atoms with Crippen molar-refractivity contribution in [1.29, 1.82) is 0 Å². The SMILES string of the molecule is Cn1c(SC2CCN(c3cccc([N+](=O)[O-])c3)C2=O)nnc1-c1cccs1. The number of hydrogen-bond donors (Lipinski definition) is 0. The molecular formula is C17H15N5O3S2. The summed E-state index contributed by atoms with van der Waals surface area (Å²) in [4.78, 5) is 26.0. The Labute approximate surface area is 163 Å². The molecule has 1 amide bonds. The summed E-state index contributed by atoms with van der Waals surface area (Å²) in [5, 5.41) is 21.8. The number of thioether (sulfide) groups is 1. The molecule has 1 aromatic carbocycles. The minimum absolute atomic E-state index is 0.0229. The molecule has 10 heteroatoms. The highest BCUT2D eigenvalue weighted by Gasteiger charge is 2.35. The first-order chi connectivity index (χ1) is 13.0. The summed E-state index contributed by atoms with van der Waals surface area (Å²) in [7, 11) is 1.88. The normalized spacial score (nSPS) is 16.9. The van der Waals surface area contributed by atoms with Crippen LogP contribution in [0.4, 0.5) is 11.4 Å². The first-order valence-electron chi connectivity index (χ1n) is 8.20.